The Kier molecular flexibility index (Phi) is 7.98. The summed E-state index contributed by atoms with van der Waals surface area (Å²) in [5.41, 5.74) is 3.65. The molecule has 0 amide bonds. The predicted molar refractivity (Wildman–Crippen MR) is 162 cm³/mol. The zero-order valence-electron chi connectivity index (χ0n) is 25.0. The van der Waals surface area contributed by atoms with E-state index in [1.165, 1.54) is 0 Å². The monoisotopic (exact) mass is 629 g/mol. The van der Waals surface area contributed by atoms with Crippen LogP contribution in [0.15, 0.2) is 64.7 Å². The summed E-state index contributed by atoms with van der Waals surface area (Å²) >= 11 is 0. The molecule has 0 saturated heterocycles. The molecule has 0 radical (unpaired) electrons. The van der Waals surface area contributed by atoms with Crippen molar-refractivity contribution in [1.82, 2.24) is 9.05 Å². The Labute approximate surface area is 254 Å². The summed E-state index contributed by atoms with van der Waals surface area (Å²) in [6.45, 7) is -2.35. The first-order valence-electron chi connectivity index (χ1n) is 14.3. The normalized spacial score (nSPS) is 16.1. The summed E-state index contributed by atoms with van der Waals surface area (Å²) in [4.78, 5) is 11.9. The molecule has 2 aliphatic heterocycles. The van der Waals surface area contributed by atoms with E-state index >= 15 is 8.63 Å². The number of carbonyl (C=O) groups excluding carboxylic acids is 1. The maximum atomic E-state index is 16.8. The number of rotatable bonds is 11. The number of aryl methyl sites for hydroxylation is 2. The number of fused-ring (bicyclic) bond motifs is 2. The van der Waals surface area contributed by atoms with Crippen molar-refractivity contribution in [3.05, 3.63) is 82.3 Å². The number of benzene rings is 1. The lowest BCUT2D eigenvalue weighted by atomic mass is 9.88. The molecule has 0 atom stereocenters. The van der Waals surface area contributed by atoms with Gasteiger partial charge in [0, 0.05) is 47.9 Å². The molecule has 0 spiro atoms. The minimum Gasteiger partial charge on any atom is -0.494 e. The number of aromatic nitrogens is 2. The molecule has 5 rings (SSSR count). The molecule has 0 fully saturated rings. The summed E-state index contributed by atoms with van der Waals surface area (Å²) in [5.74, 6) is -2.29. The molecule has 14 heteroatoms. The molecule has 0 saturated carbocycles. The van der Waals surface area contributed by atoms with Crippen LogP contribution in [-0.4, -0.2) is 87.4 Å². The second kappa shape index (κ2) is 11.2. The van der Waals surface area contributed by atoms with Crippen LogP contribution in [0.2, 0.25) is 0 Å². The fourth-order valence-corrected chi connectivity index (χ4v) is 6.56. The van der Waals surface area contributed by atoms with Gasteiger partial charge in [-0.15, -0.1) is 0 Å². The Morgan fingerprint density at radius 1 is 1.05 bits per heavy atom. The number of hydrogen-bond donors (Lipinski definition) is 3. The molecule has 1 aromatic carbocycles. The number of aromatic hydroxyl groups is 2. The summed E-state index contributed by atoms with van der Waals surface area (Å²) in [5, 5.41) is 20.1. The number of allylic oxidation sites excluding steroid dienone is 2. The molecule has 2 aromatic heterocycles. The van der Waals surface area contributed by atoms with Crippen LogP contribution in [-0.2, 0) is 27.9 Å². The van der Waals surface area contributed by atoms with Crippen molar-refractivity contribution in [2.45, 2.75) is 44.0 Å². The van der Waals surface area contributed by atoms with Crippen molar-refractivity contribution in [3.63, 3.8) is 0 Å². The zero-order chi connectivity index (χ0) is 32.2. The predicted octanol–water partition coefficient (Wildman–Crippen LogP) is 3.96. The molecule has 10 nitrogen and oxygen atoms in total. The Morgan fingerprint density at radius 2 is 1.73 bits per heavy atom. The lowest BCUT2D eigenvalue weighted by Gasteiger charge is -2.32. The fraction of sp³-hybridized carbons (Fsp3) is 0.333. The highest BCUT2D eigenvalue weighted by Crippen LogP contribution is 2.39. The molecule has 3 N–H and O–H groups in total. The highest BCUT2D eigenvalue weighted by molar-refractivity contribution is 7.86. The van der Waals surface area contributed by atoms with E-state index in [2.05, 4.69) is 21.1 Å². The highest BCUT2D eigenvalue weighted by atomic mass is 32.2. The van der Waals surface area contributed by atoms with Gasteiger partial charge in [0.1, 0.15) is 0 Å². The van der Waals surface area contributed by atoms with Gasteiger partial charge in [0.2, 0.25) is 5.88 Å². The van der Waals surface area contributed by atoms with Crippen LogP contribution < -0.4 is 0 Å². The van der Waals surface area contributed by atoms with E-state index in [-0.39, 0.29) is 18.5 Å². The van der Waals surface area contributed by atoms with Gasteiger partial charge < -0.3 is 32.3 Å². The van der Waals surface area contributed by atoms with Gasteiger partial charge in [-0.1, -0.05) is 18.2 Å². The van der Waals surface area contributed by atoms with Crippen molar-refractivity contribution >= 4 is 34.7 Å². The van der Waals surface area contributed by atoms with Gasteiger partial charge in [0.25, 0.3) is 10.1 Å². The minimum atomic E-state index is -4.84. The van der Waals surface area contributed by atoms with Gasteiger partial charge in [0.15, 0.2) is 28.0 Å². The van der Waals surface area contributed by atoms with E-state index in [1.54, 1.807) is 31.2 Å². The van der Waals surface area contributed by atoms with E-state index in [0.29, 0.717) is 45.3 Å². The molecule has 0 aliphatic carbocycles. The Hall–Kier alpha value is -4.01. The topological polar surface area (TPSA) is 125 Å². The molecule has 2 aliphatic rings. The van der Waals surface area contributed by atoms with E-state index in [1.807, 2.05) is 24.3 Å². The maximum Gasteiger partial charge on any atom is 0.737 e. The fourth-order valence-electron chi connectivity index (χ4n) is 5.96. The average Bonchev–Trinajstić information content (AvgIpc) is 3.55. The third kappa shape index (κ3) is 5.89. The van der Waals surface area contributed by atoms with Gasteiger partial charge >= 0.3 is 6.97 Å². The third-order valence-electron chi connectivity index (χ3n) is 8.04. The van der Waals surface area contributed by atoms with Crippen LogP contribution >= 0.6 is 0 Å². The van der Waals surface area contributed by atoms with Crippen molar-refractivity contribution in [2.24, 2.45) is 0 Å². The summed E-state index contributed by atoms with van der Waals surface area (Å²) < 4.78 is 69.1. The van der Waals surface area contributed by atoms with Crippen LogP contribution in [0, 0.1) is 6.92 Å². The SMILES string of the molecule is Cc1cc(CCC(=O)Cn2c(O)cc(S(=O)(=O)O)c2O)n2c1C=C1C(CCC[N+](C)(C)C)=CC(c3ccccc3)=[N+]1[B-]2(F)F. The lowest BCUT2D eigenvalue weighted by molar-refractivity contribution is -0.870. The van der Waals surface area contributed by atoms with E-state index in [4.69, 9.17) is 0 Å². The Balaban J connectivity index is 1.47. The highest BCUT2D eigenvalue weighted by Gasteiger charge is 2.54. The Morgan fingerprint density at radius 3 is 2.34 bits per heavy atom. The van der Waals surface area contributed by atoms with Crippen molar-refractivity contribution < 1.29 is 45.6 Å². The number of halogens is 2. The molecule has 44 heavy (non-hydrogen) atoms. The van der Waals surface area contributed by atoms with Gasteiger partial charge in [0.05, 0.1) is 34.2 Å². The van der Waals surface area contributed by atoms with Crippen molar-refractivity contribution in [3.8, 4) is 11.8 Å². The van der Waals surface area contributed by atoms with Crippen LogP contribution in [0.5, 0.6) is 11.8 Å². The van der Waals surface area contributed by atoms with Gasteiger partial charge in [-0.25, -0.2) is 0 Å². The second-order valence-corrected chi connectivity index (χ2v) is 13.8. The first kappa shape index (κ1) is 31.4. The molecular weight excluding hydrogens is 593 g/mol. The van der Waals surface area contributed by atoms with Crippen LogP contribution in [0.1, 0.15) is 41.8 Å². The Bertz CT molecular complexity index is 1850. The molecule has 3 aromatic rings. The average molecular weight is 630 g/mol. The standard InChI is InChI=1S/C30H35BF2N4O6S/c1-20-15-23(12-13-24(38)19-34-29(39)18-28(30(34)40)44(41,42)43)35-25(20)17-27-22(11-8-14-37(2,3)4)16-26(36(27)31(35,32)33)21-9-6-5-7-10-21/h5-7,9-10,15-18H,8,11-14,19H2,1-4H3,(H2-,39,40,41,42,43)/p+1. The van der Waals surface area contributed by atoms with Crippen LogP contribution in [0.25, 0.3) is 6.08 Å². The third-order valence-corrected chi connectivity index (χ3v) is 8.90. The van der Waals surface area contributed by atoms with Gasteiger partial charge in [-0.05, 0) is 49.2 Å². The number of carbonyl (C=O) groups is 1. The first-order valence-corrected chi connectivity index (χ1v) is 15.7. The second-order valence-electron chi connectivity index (χ2n) is 12.4. The van der Waals surface area contributed by atoms with Crippen molar-refractivity contribution in [2.75, 3.05) is 27.7 Å². The summed E-state index contributed by atoms with van der Waals surface area (Å²) in [6, 6.07) is 11.3. The van der Waals surface area contributed by atoms with Gasteiger partial charge in [-0.3, -0.25) is 13.9 Å². The molecule has 0 bridgehead atoms. The smallest absolute Gasteiger partial charge is 0.494 e. The molecule has 0 unspecified atom stereocenters. The number of ketones is 1. The quantitative estimate of drug-likeness (QED) is 0.168. The molecule has 234 valence electrons. The van der Waals surface area contributed by atoms with E-state index in [0.717, 1.165) is 32.0 Å². The van der Waals surface area contributed by atoms with Crippen molar-refractivity contribution in [1.29, 1.82) is 0 Å². The van der Waals surface area contributed by atoms with Crippen LogP contribution in [0.3, 0.4) is 0 Å². The largest absolute Gasteiger partial charge is 0.737 e. The number of nitrogens with zero attached hydrogens (tertiary/aromatic N) is 4. The van der Waals surface area contributed by atoms with Gasteiger partial charge in [-0.2, -0.15) is 8.42 Å². The summed E-state index contributed by atoms with van der Waals surface area (Å²) in [7, 11) is 1.45. The minimum absolute atomic E-state index is 0.0631. The molecule has 4 heterocycles. The first-order chi connectivity index (χ1) is 20.5. The maximum absolute atomic E-state index is 16.8. The lowest BCUT2D eigenvalue weighted by Crippen LogP contribution is -2.51. The molecular formula is C30H36BF2N4O6S+. The van der Waals surface area contributed by atoms with Crippen LogP contribution in [0.4, 0.5) is 8.63 Å². The van der Waals surface area contributed by atoms with E-state index < -0.39 is 46.1 Å². The van der Waals surface area contributed by atoms with E-state index in [9.17, 15) is 28.0 Å². The number of hydrogen-bond acceptors (Lipinski definition) is 5. The zero-order valence-corrected chi connectivity index (χ0v) is 25.9. The number of quaternary nitrogens is 1. The number of Topliss-reactive ketones (excluding diaryl/α,β-unsaturated/α-hetero) is 1. The summed E-state index contributed by atoms with van der Waals surface area (Å²) in [6.07, 6.45) is 4.82.